The maximum atomic E-state index is 6.24. The summed E-state index contributed by atoms with van der Waals surface area (Å²) in [6, 6.07) is 0.354. The molecule has 1 aromatic rings. The number of ether oxygens (including phenoxy) is 1. The second-order valence-electron chi connectivity index (χ2n) is 6.21. The molecule has 1 saturated carbocycles. The Hall–Kier alpha value is -0.870. The van der Waals surface area contributed by atoms with E-state index in [-0.39, 0.29) is 5.92 Å². The van der Waals surface area contributed by atoms with E-state index in [4.69, 9.17) is 16.3 Å². The van der Waals surface area contributed by atoms with Crippen molar-refractivity contribution >= 4 is 17.4 Å². The fourth-order valence-electron chi connectivity index (χ4n) is 2.74. The molecule has 0 bridgehead atoms. The van der Waals surface area contributed by atoms with E-state index in [1.807, 2.05) is 6.92 Å². The van der Waals surface area contributed by atoms with Crippen LogP contribution < -0.4 is 5.32 Å². The number of anilines is 1. The Morgan fingerprint density at radius 3 is 2.65 bits per heavy atom. The topological polar surface area (TPSA) is 47.0 Å². The van der Waals surface area contributed by atoms with Gasteiger partial charge in [-0.1, -0.05) is 25.4 Å². The molecule has 5 heteroatoms. The number of nitrogens with one attached hydrogen (secondary N) is 1. The highest BCUT2D eigenvalue weighted by atomic mass is 35.5. The van der Waals surface area contributed by atoms with E-state index in [1.54, 1.807) is 0 Å². The van der Waals surface area contributed by atoms with Gasteiger partial charge in [0.2, 0.25) is 0 Å². The summed E-state index contributed by atoms with van der Waals surface area (Å²) in [5.74, 6) is 2.67. The third kappa shape index (κ3) is 2.77. The fraction of sp³-hybridized carbons (Fsp3) is 0.733. The van der Waals surface area contributed by atoms with Crippen LogP contribution in [0.4, 0.5) is 5.82 Å². The number of hydrogen-bond acceptors (Lipinski definition) is 4. The number of halogens is 1. The van der Waals surface area contributed by atoms with Gasteiger partial charge in [-0.25, -0.2) is 9.97 Å². The molecule has 2 atom stereocenters. The highest BCUT2D eigenvalue weighted by molar-refractivity contribution is 6.30. The molecule has 2 heterocycles. The van der Waals surface area contributed by atoms with Crippen molar-refractivity contribution < 1.29 is 4.74 Å². The van der Waals surface area contributed by atoms with Gasteiger partial charge < -0.3 is 10.1 Å². The van der Waals surface area contributed by atoms with Gasteiger partial charge in [-0.05, 0) is 32.1 Å². The Balaban J connectivity index is 1.82. The van der Waals surface area contributed by atoms with Crippen molar-refractivity contribution in [3.05, 3.63) is 16.5 Å². The Bertz CT molecular complexity index is 502. The van der Waals surface area contributed by atoms with Crippen molar-refractivity contribution in [3.63, 3.8) is 0 Å². The Labute approximate surface area is 125 Å². The van der Waals surface area contributed by atoms with Gasteiger partial charge in [0.1, 0.15) is 16.8 Å². The molecule has 1 aromatic heterocycles. The molecule has 110 valence electrons. The lowest BCUT2D eigenvalue weighted by Gasteiger charge is -2.22. The maximum absolute atomic E-state index is 6.24. The van der Waals surface area contributed by atoms with Crippen LogP contribution in [0.25, 0.3) is 0 Å². The summed E-state index contributed by atoms with van der Waals surface area (Å²) in [5, 5.41) is 4.11. The van der Waals surface area contributed by atoms with Crippen molar-refractivity contribution in [3.8, 4) is 0 Å². The van der Waals surface area contributed by atoms with Crippen molar-refractivity contribution in [1.82, 2.24) is 9.97 Å². The average molecular weight is 296 g/mol. The highest BCUT2D eigenvalue weighted by Gasteiger charge is 2.40. The molecule has 3 rings (SSSR count). The maximum Gasteiger partial charge on any atom is 0.137 e. The first kappa shape index (κ1) is 14.1. The lowest BCUT2D eigenvalue weighted by Crippen LogP contribution is -2.31. The van der Waals surface area contributed by atoms with Crippen LogP contribution in [-0.2, 0) is 4.74 Å². The fourth-order valence-corrected chi connectivity index (χ4v) is 2.91. The zero-order valence-corrected chi connectivity index (χ0v) is 13.1. The zero-order chi connectivity index (χ0) is 14.3. The van der Waals surface area contributed by atoms with Crippen LogP contribution in [0.1, 0.15) is 50.4 Å². The molecule has 0 spiro atoms. The lowest BCUT2D eigenvalue weighted by molar-refractivity contribution is 0.0898. The average Bonchev–Trinajstić information content (AvgIpc) is 3.15. The first-order valence-corrected chi connectivity index (χ1v) is 7.86. The molecule has 1 aliphatic carbocycles. The molecule has 2 fully saturated rings. The summed E-state index contributed by atoms with van der Waals surface area (Å²) in [7, 11) is 0. The molecular formula is C15H22ClN3O. The van der Waals surface area contributed by atoms with E-state index in [0.717, 1.165) is 36.2 Å². The van der Waals surface area contributed by atoms with Crippen LogP contribution in [0.2, 0.25) is 5.15 Å². The van der Waals surface area contributed by atoms with Crippen molar-refractivity contribution in [2.24, 2.45) is 5.92 Å². The lowest BCUT2D eigenvalue weighted by atomic mass is 10.1. The summed E-state index contributed by atoms with van der Waals surface area (Å²) in [5.41, 5.74) is 0.928. The second-order valence-corrected chi connectivity index (χ2v) is 6.57. The molecular weight excluding hydrogens is 274 g/mol. The van der Waals surface area contributed by atoms with Gasteiger partial charge in [-0.15, -0.1) is 0 Å². The summed E-state index contributed by atoms with van der Waals surface area (Å²) >= 11 is 6.24. The van der Waals surface area contributed by atoms with E-state index >= 15 is 0 Å². The highest BCUT2D eigenvalue weighted by Crippen LogP contribution is 2.39. The minimum absolute atomic E-state index is 0.271. The number of hydrogen-bond donors (Lipinski definition) is 1. The van der Waals surface area contributed by atoms with E-state index in [9.17, 15) is 0 Å². The molecule has 0 radical (unpaired) electrons. The normalized spacial score (nSPS) is 26.2. The van der Waals surface area contributed by atoms with Gasteiger partial charge in [-0.3, -0.25) is 0 Å². The van der Waals surface area contributed by atoms with Gasteiger partial charge in [0.25, 0.3) is 0 Å². The summed E-state index contributed by atoms with van der Waals surface area (Å²) < 4.78 is 5.87. The van der Waals surface area contributed by atoms with Gasteiger partial charge in [0.05, 0.1) is 12.1 Å². The summed E-state index contributed by atoms with van der Waals surface area (Å²) in [6.07, 6.45) is 3.97. The van der Waals surface area contributed by atoms with Crippen LogP contribution in [0.3, 0.4) is 0 Å². The van der Waals surface area contributed by atoms with E-state index in [1.165, 1.54) is 12.8 Å². The molecule has 4 nitrogen and oxygen atoms in total. The van der Waals surface area contributed by atoms with Crippen LogP contribution in [0, 0.1) is 12.8 Å². The largest absolute Gasteiger partial charge is 0.376 e. The van der Waals surface area contributed by atoms with Crippen molar-refractivity contribution in [2.75, 3.05) is 11.9 Å². The predicted octanol–water partition coefficient (Wildman–Crippen LogP) is 3.54. The zero-order valence-electron chi connectivity index (χ0n) is 12.3. The van der Waals surface area contributed by atoms with Crippen LogP contribution in [-0.4, -0.2) is 28.7 Å². The SMILES string of the molecule is Cc1c(Cl)nc(C(C)C)nc1NC1CCOC1C1CC1. The second kappa shape index (κ2) is 5.49. The molecule has 0 amide bonds. The number of rotatable bonds is 4. The Morgan fingerprint density at radius 1 is 1.25 bits per heavy atom. The molecule has 2 unspecified atom stereocenters. The minimum Gasteiger partial charge on any atom is -0.376 e. The molecule has 1 saturated heterocycles. The van der Waals surface area contributed by atoms with Gasteiger partial charge in [-0.2, -0.15) is 0 Å². The summed E-state index contributed by atoms with van der Waals surface area (Å²) in [6.45, 7) is 6.97. The first-order chi connectivity index (χ1) is 9.56. The van der Waals surface area contributed by atoms with Crippen LogP contribution >= 0.6 is 11.6 Å². The standard InChI is InChI=1S/C15H22ClN3O/c1-8(2)14-18-13(16)9(3)15(19-14)17-11-6-7-20-12(11)10-4-5-10/h8,10-12H,4-7H2,1-3H3,(H,17,18,19). The number of nitrogens with zero attached hydrogens (tertiary/aromatic N) is 2. The molecule has 1 aliphatic heterocycles. The third-order valence-electron chi connectivity index (χ3n) is 4.16. The summed E-state index contributed by atoms with van der Waals surface area (Å²) in [4.78, 5) is 9.01. The molecule has 1 N–H and O–H groups in total. The molecule has 2 aliphatic rings. The third-order valence-corrected chi connectivity index (χ3v) is 4.53. The Morgan fingerprint density at radius 2 is 2.00 bits per heavy atom. The molecule has 20 heavy (non-hydrogen) atoms. The van der Waals surface area contributed by atoms with E-state index in [2.05, 4.69) is 29.1 Å². The van der Waals surface area contributed by atoms with Crippen LogP contribution in [0.5, 0.6) is 0 Å². The number of aromatic nitrogens is 2. The quantitative estimate of drug-likeness (QED) is 0.863. The van der Waals surface area contributed by atoms with E-state index < -0.39 is 0 Å². The van der Waals surface area contributed by atoms with Gasteiger partial charge in [0, 0.05) is 18.1 Å². The van der Waals surface area contributed by atoms with Gasteiger partial charge >= 0.3 is 0 Å². The predicted molar refractivity (Wildman–Crippen MR) is 80.4 cm³/mol. The minimum atomic E-state index is 0.271. The Kier molecular flexibility index (Phi) is 3.87. The first-order valence-electron chi connectivity index (χ1n) is 7.48. The monoisotopic (exact) mass is 295 g/mol. The van der Waals surface area contributed by atoms with E-state index in [0.29, 0.717) is 17.3 Å². The smallest absolute Gasteiger partial charge is 0.137 e. The van der Waals surface area contributed by atoms with Crippen molar-refractivity contribution in [2.45, 2.75) is 58.1 Å². The van der Waals surface area contributed by atoms with Gasteiger partial charge in [0.15, 0.2) is 0 Å². The molecule has 0 aromatic carbocycles. The van der Waals surface area contributed by atoms with Crippen LogP contribution in [0.15, 0.2) is 0 Å². The van der Waals surface area contributed by atoms with Crippen molar-refractivity contribution in [1.29, 1.82) is 0 Å².